The Kier molecular flexibility index (Phi) is 4.11. The summed E-state index contributed by atoms with van der Waals surface area (Å²) in [6.07, 6.45) is 4.93. The Balaban J connectivity index is 1.90. The van der Waals surface area contributed by atoms with Gasteiger partial charge < -0.3 is 15.4 Å². The second-order valence-electron chi connectivity index (χ2n) is 5.00. The molecule has 0 atom stereocenters. The zero-order chi connectivity index (χ0) is 17.1. The Hall–Kier alpha value is -3.42. The van der Waals surface area contributed by atoms with Gasteiger partial charge in [0.25, 0.3) is 5.91 Å². The van der Waals surface area contributed by atoms with Crippen LogP contribution in [0.1, 0.15) is 17.4 Å². The fourth-order valence-electron chi connectivity index (χ4n) is 2.18. The molecule has 3 aromatic rings. The molecule has 0 aliphatic rings. The highest BCUT2D eigenvalue weighted by atomic mass is 16.5. The topological polar surface area (TPSA) is 97.6 Å². The monoisotopic (exact) mass is 325 g/mol. The van der Waals surface area contributed by atoms with Crippen LogP contribution in [0.5, 0.6) is 5.75 Å². The van der Waals surface area contributed by atoms with Crippen LogP contribution in [0, 0.1) is 0 Å². The van der Waals surface area contributed by atoms with E-state index in [4.69, 9.17) is 4.74 Å². The normalized spacial score (nSPS) is 10.4. The number of anilines is 2. The van der Waals surface area contributed by atoms with E-state index in [1.165, 1.54) is 14.0 Å². The van der Waals surface area contributed by atoms with Crippen molar-refractivity contribution in [3.8, 4) is 5.75 Å². The summed E-state index contributed by atoms with van der Waals surface area (Å²) in [5, 5.41) is 5.39. The maximum absolute atomic E-state index is 12.5. The molecule has 0 aliphatic carbocycles. The number of nitrogens with zero attached hydrogens (tertiary/aromatic N) is 3. The number of carbonyl (C=O) groups excluding carboxylic acids is 2. The average Bonchev–Trinajstić information content (AvgIpc) is 3.00. The molecule has 0 saturated carbocycles. The van der Waals surface area contributed by atoms with Crippen LogP contribution >= 0.6 is 0 Å². The van der Waals surface area contributed by atoms with E-state index in [9.17, 15) is 9.59 Å². The molecule has 122 valence electrons. The molecule has 0 aliphatic heterocycles. The first-order valence-electron chi connectivity index (χ1n) is 7.13. The highest BCUT2D eigenvalue weighted by molar-refractivity contribution is 6.06. The summed E-state index contributed by atoms with van der Waals surface area (Å²) in [6, 6.07) is 6.71. The fourth-order valence-corrected chi connectivity index (χ4v) is 2.18. The smallest absolute Gasteiger partial charge is 0.276 e. The number of hydrogen-bond acceptors (Lipinski definition) is 5. The van der Waals surface area contributed by atoms with E-state index < -0.39 is 5.91 Å². The van der Waals surface area contributed by atoms with Crippen LogP contribution in [-0.4, -0.2) is 33.3 Å². The van der Waals surface area contributed by atoms with Crippen molar-refractivity contribution in [2.75, 3.05) is 17.7 Å². The summed E-state index contributed by atoms with van der Waals surface area (Å²) in [6.45, 7) is 1.39. The molecule has 8 heteroatoms. The number of methoxy groups -OCH3 is 1. The molecule has 0 radical (unpaired) electrons. The van der Waals surface area contributed by atoms with Crippen molar-refractivity contribution < 1.29 is 14.3 Å². The van der Waals surface area contributed by atoms with E-state index in [2.05, 4.69) is 20.6 Å². The zero-order valence-electron chi connectivity index (χ0n) is 13.1. The number of rotatable bonds is 4. The molecule has 2 amide bonds. The van der Waals surface area contributed by atoms with Gasteiger partial charge in [-0.15, -0.1) is 0 Å². The number of fused-ring (bicyclic) bond motifs is 1. The van der Waals surface area contributed by atoms with Crippen LogP contribution in [0.4, 0.5) is 11.4 Å². The lowest BCUT2D eigenvalue weighted by Gasteiger charge is -2.12. The van der Waals surface area contributed by atoms with E-state index in [1.807, 2.05) is 0 Å². The lowest BCUT2D eigenvalue weighted by molar-refractivity contribution is -0.114. The standard InChI is InChI=1S/C16H15N5O3/c1-10(22)18-12-5-4-11(24-2)8-13(12)19-15(23)14-9-21-7-3-6-17-16(21)20-14/h3-9H,1-2H3,(H,18,22)(H,19,23). The highest BCUT2D eigenvalue weighted by Gasteiger charge is 2.14. The van der Waals surface area contributed by atoms with Crippen LogP contribution in [-0.2, 0) is 4.79 Å². The number of imidazole rings is 1. The van der Waals surface area contributed by atoms with Crippen molar-refractivity contribution in [3.63, 3.8) is 0 Å². The molecule has 3 rings (SSSR count). The number of aromatic nitrogens is 3. The lowest BCUT2D eigenvalue weighted by atomic mass is 10.2. The summed E-state index contributed by atoms with van der Waals surface area (Å²) in [4.78, 5) is 32.0. The van der Waals surface area contributed by atoms with Crippen molar-refractivity contribution in [2.45, 2.75) is 6.92 Å². The quantitative estimate of drug-likeness (QED) is 0.764. The molecule has 0 fully saturated rings. The number of hydrogen-bond donors (Lipinski definition) is 2. The molecular weight excluding hydrogens is 310 g/mol. The molecule has 1 aromatic carbocycles. The van der Waals surface area contributed by atoms with Gasteiger partial charge in [0.05, 0.1) is 18.5 Å². The largest absolute Gasteiger partial charge is 0.497 e. The number of nitrogens with one attached hydrogen (secondary N) is 2. The third-order valence-corrected chi connectivity index (χ3v) is 3.25. The van der Waals surface area contributed by atoms with Crippen molar-refractivity contribution in [3.05, 3.63) is 48.5 Å². The number of amides is 2. The van der Waals surface area contributed by atoms with Gasteiger partial charge in [0.1, 0.15) is 11.4 Å². The summed E-state index contributed by atoms with van der Waals surface area (Å²) in [7, 11) is 1.52. The van der Waals surface area contributed by atoms with Gasteiger partial charge in [0, 0.05) is 31.6 Å². The second kappa shape index (κ2) is 6.37. The van der Waals surface area contributed by atoms with Gasteiger partial charge >= 0.3 is 0 Å². The van der Waals surface area contributed by atoms with Gasteiger partial charge in [-0.25, -0.2) is 9.97 Å². The Labute approximate surface area is 137 Å². The van der Waals surface area contributed by atoms with Crippen molar-refractivity contribution >= 4 is 29.0 Å². The van der Waals surface area contributed by atoms with Crippen molar-refractivity contribution in [1.82, 2.24) is 14.4 Å². The van der Waals surface area contributed by atoms with Gasteiger partial charge in [-0.2, -0.15) is 0 Å². The molecule has 2 heterocycles. The molecule has 2 aromatic heterocycles. The van der Waals surface area contributed by atoms with Crippen LogP contribution in [0.15, 0.2) is 42.9 Å². The summed E-state index contributed by atoms with van der Waals surface area (Å²) < 4.78 is 6.80. The highest BCUT2D eigenvalue weighted by Crippen LogP contribution is 2.27. The van der Waals surface area contributed by atoms with Gasteiger partial charge in [-0.1, -0.05) is 0 Å². The van der Waals surface area contributed by atoms with Gasteiger partial charge in [-0.05, 0) is 18.2 Å². The van der Waals surface area contributed by atoms with E-state index in [-0.39, 0.29) is 11.6 Å². The van der Waals surface area contributed by atoms with E-state index in [0.29, 0.717) is 22.9 Å². The number of ether oxygens (including phenoxy) is 1. The SMILES string of the molecule is COc1ccc(NC(C)=O)c(NC(=O)c2cn3cccnc3n2)c1. The Morgan fingerprint density at radius 1 is 1.21 bits per heavy atom. The predicted molar refractivity (Wildman–Crippen MR) is 88.2 cm³/mol. The van der Waals surface area contributed by atoms with Gasteiger partial charge in [-0.3, -0.25) is 14.0 Å². The third-order valence-electron chi connectivity index (χ3n) is 3.25. The minimum absolute atomic E-state index is 0.213. The van der Waals surface area contributed by atoms with Crippen molar-refractivity contribution in [2.24, 2.45) is 0 Å². The molecule has 0 bridgehead atoms. The molecule has 0 unspecified atom stereocenters. The minimum Gasteiger partial charge on any atom is -0.497 e. The third kappa shape index (κ3) is 3.17. The molecular formula is C16H15N5O3. The molecule has 8 nitrogen and oxygen atoms in total. The van der Waals surface area contributed by atoms with Crippen molar-refractivity contribution in [1.29, 1.82) is 0 Å². The Bertz CT molecular complexity index is 886. The summed E-state index contributed by atoms with van der Waals surface area (Å²) in [5.41, 5.74) is 1.10. The van der Waals surface area contributed by atoms with Crippen LogP contribution in [0.3, 0.4) is 0 Å². The lowest BCUT2D eigenvalue weighted by Crippen LogP contribution is -2.15. The Morgan fingerprint density at radius 3 is 2.75 bits per heavy atom. The maximum Gasteiger partial charge on any atom is 0.276 e. The molecule has 0 saturated heterocycles. The fraction of sp³-hybridized carbons (Fsp3) is 0.125. The second-order valence-corrected chi connectivity index (χ2v) is 5.00. The summed E-state index contributed by atoms with van der Waals surface area (Å²) in [5.74, 6) is 0.319. The number of carbonyl (C=O) groups is 2. The minimum atomic E-state index is -0.416. The molecule has 0 spiro atoms. The maximum atomic E-state index is 12.5. The van der Waals surface area contributed by atoms with Crippen LogP contribution in [0.25, 0.3) is 5.78 Å². The Morgan fingerprint density at radius 2 is 2.04 bits per heavy atom. The number of benzene rings is 1. The van der Waals surface area contributed by atoms with Crippen LogP contribution < -0.4 is 15.4 Å². The van der Waals surface area contributed by atoms with E-state index in [0.717, 1.165) is 0 Å². The zero-order valence-corrected chi connectivity index (χ0v) is 13.1. The average molecular weight is 325 g/mol. The van der Waals surface area contributed by atoms with Gasteiger partial charge in [0.2, 0.25) is 11.7 Å². The van der Waals surface area contributed by atoms with Gasteiger partial charge in [0.15, 0.2) is 0 Å². The summed E-state index contributed by atoms with van der Waals surface area (Å²) >= 11 is 0. The first-order chi connectivity index (χ1) is 11.6. The predicted octanol–water partition coefficient (Wildman–Crippen LogP) is 1.95. The van der Waals surface area contributed by atoms with Crippen LogP contribution in [0.2, 0.25) is 0 Å². The molecule has 2 N–H and O–H groups in total. The first kappa shape index (κ1) is 15.5. The van der Waals surface area contributed by atoms with E-state index >= 15 is 0 Å². The first-order valence-corrected chi connectivity index (χ1v) is 7.13. The molecule has 24 heavy (non-hydrogen) atoms. The van der Waals surface area contributed by atoms with E-state index in [1.54, 1.807) is 47.3 Å².